The van der Waals surface area contributed by atoms with E-state index in [0.29, 0.717) is 0 Å². The number of ether oxygens (including phenoxy) is 1. The number of benzene rings is 1. The molecule has 0 aliphatic rings. The lowest BCUT2D eigenvalue weighted by Gasteiger charge is -2.14. The number of carbonyl (C=O) groups is 3. The van der Waals surface area contributed by atoms with E-state index in [1.165, 1.54) is 38.5 Å². The first kappa shape index (κ1) is 15.8. The second-order valence-electron chi connectivity index (χ2n) is 3.47. The third-order valence-electron chi connectivity index (χ3n) is 2.25. The van der Waals surface area contributed by atoms with Crippen molar-refractivity contribution in [2.75, 3.05) is 20.8 Å². The van der Waals surface area contributed by atoms with E-state index in [4.69, 9.17) is 5.11 Å². The van der Waals surface area contributed by atoms with Crippen LogP contribution < -0.4 is 0 Å². The predicted molar refractivity (Wildman–Crippen MR) is 64.5 cm³/mol. The quantitative estimate of drug-likeness (QED) is 0.457. The maximum atomic E-state index is 11.7. The van der Waals surface area contributed by atoms with Crippen LogP contribution in [0.3, 0.4) is 0 Å². The fourth-order valence-corrected chi connectivity index (χ4v) is 1.35. The summed E-state index contributed by atoms with van der Waals surface area (Å²) in [6.45, 7) is -0.450. The van der Waals surface area contributed by atoms with Gasteiger partial charge in [0.05, 0.1) is 25.3 Å². The molecule has 0 atom stereocenters. The lowest BCUT2D eigenvalue weighted by atomic mass is 10.1. The van der Waals surface area contributed by atoms with E-state index >= 15 is 0 Å². The van der Waals surface area contributed by atoms with Gasteiger partial charge < -0.3 is 9.84 Å². The largest absolute Gasteiger partial charge is 0.478 e. The monoisotopic (exact) mass is 283 g/mol. The lowest BCUT2D eigenvalue weighted by Crippen LogP contribution is -2.30. The molecule has 0 saturated heterocycles. The summed E-state index contributed by atoms with van der Waals surface area (Å²) in [5.41, 5.74) is -0.463. The number of esters is 2. The van der Waals surface area contributed by atoms with Crippen LogP contribution in [-0.4, -0.2) is 49.0 Å². The van der Waals surface area contributed by atoms with Crippen LogP contribution in [0, 0.1) is 0 Å². The fraction of sp³-hybridized carbons (Fsp3) is 0.250. The maximum Gasteiger partial charge on any atom is 0.346 e. The fourth-order valence-electron chi connectivity index (χ4n) is 1.35. The molecule has 0 amide bonds. The number of hydrogen-bond acceptors (Lipinski definition) is 7. The first-order valence-electron chi connectivity index (χ1n) is 5.42. The van der Waals surface area contributed by atoms with Crippen molar-refractivity contribution in [1.29, 1.82) is 0 Å². The Bertz CT molecular complexity index is 510. The van der Waals surface area contributed by atoms with Gasteiger partial charge in [0, 0.05) is 0 Å². The van der Waals surface area contributed by atoms with Crippen molar-refractivity contribution in [2.24, 2.45) is 0 Å². The minimum absolute atomic E-state index is 0.213. The second-order valence-corrected chi connectivity index (χ2v) is 3.47. The Morgan fingerprint density at radius 3 is 2.15 bits per heavy atom. The first-order valence-corrected chi connectivity index (χ1v) is 5.42. The van der Waals surface area contributed by atoms with Crippen LogP contribution in [0.25, 0.3) is 0 Å². The number of nitrogens with zero attached hydrogens (tertiary/aromatic N) is 1. The maximum absolute atomic E-state index is 11.7. The second kappa shape index (κ2) is 7.34. The Hall–Kier alpha value is -2.29. The van der Waals surface area contributed by atoms with E-state index in [-0.39, 0.29) is 11.1 Å². The van der Waals surface area contributed by atoms with E-state index in [0.717, 1.165) is 5.23 Å². The Morgan fingerprint density at radius 2 is 1.65 bits per heavy atom. The van der Waals surface area contributed by atoms with Crippen LogP contribution >= 0.6 is 0 Å². The van der Waals surface area contributed by atoms with E-state index in [2.05, 4.69) is 14.4 Å². The average Bonchev–Trinajstić information content (AvgIpc) is 2.44. The van der Waals surface area contributed by atoms with Crippen LogP contribution in [0.1, 0.15) is 20.7 Å². The highest BCUT2D eigenvalue weighted by Gasteiger charge is 2.21. The normalized spacial score (nSPS) is 10.3. The van der Waals surface area contributed by atoms with Crippen LogP contribution in [0.15, 0.2) is 24.3 Å². The van der Waals surface area contributed by atoms with Crippen LogP contribution in [0.5, 0.6) is 0 Å². The summed E-state index contributed by atoms with van der Waals surface area (Å²) in [5, 5.41) is 9.72. The Labute approximate surface area is 114 Å². The van der Waals surface area contributed by atoms with Gasteiger partial charge in [0.1, 0.15) is 6.54 Å². The smallest absolute Gasteiger partial charge is 0.346 e. The molecule has 0 bridgehead atoms. The zero-order valence-corrected chi connectivity index (χ0v) is 10.9. The van der Waals surface area contributed by atoms with Crippen LogP contribution in [-0.2, 0) is 19.2 Å². The molecule has 0 aliphatic heterocycles. The molecule has 1 aromatic carbocycles. The van der Waals surface area contributed by atoms with Crippen molar-refractivity contribution >= 4 is 17.9 Å². The van der Waals surface area contributed by atoms with Gasteiger partial charge >= 0.3 is 17.9 Å². The van der Waals surface area contributed by atoms with Gasteiger partial charge in [-0.3, -0.25) is 9.68 Å². The van der Waals surface area contributed by atoms with E-state index in [1.807, 2.05) is 0 Å². The van der Waals surface area contributed by atoms with Crippen molar-refractivity contribution in [3.63, 3.8) is 0 Å². The Morgan fingerprint density at radius 1 is 1.10 bits per heavy atom. The third-order valence-corrected chi connectivity index (χ3v) is 2.25. The van der Waals surface area contributed by atoms with Gasteiger partial charge in [-0.1, -0.05) is 17.4 Å². The minimum Gasteiger partial charge on any atom is -0.478 e. The number of hydroxylamine groups is 2. The first-order chi connectivity index (χ1) is 9.49. The zero-order valence-electron chi connectivity index (χ0n) is 10.9. The molecule has 1 aromatic rings. The zero-order chi connectivity index (χ0) is 15.1. The van der Waals surface area contributed by atoms with Crippen molar-refractivity contribution in [1.82, 2.24) is 5.23 Å². The average molecular weight is 283 g/mol. The highest BCUT2D eigenvalue weighted by molar-refractivity contribution is 6.05. The van der Waals surface area contributed by atoms with Crippen molar-refractivity contribution in [3.8, 4) is 0 Å². The number of carboxylic acid groups (broad SMARTS) is 1. The molecule has 0 saturated carbocycles. The summed E-state index contributed by atoms with van der Waals surface area (Å²) in [4.78, 5) is 43.4. The highest BCUT2D eigenvalue weighted by atomic mass is 16.9. The predicted octanol–water partition coefficient (Wildman–Crippen LogP) is 0.493. The van der Waals surface area contributed by atoms with Crippen LogP contribution in [0.2, 0.25) is 0 Å². The van der Waals surface area contributed by atoms with Gasteiger partial charge in [-0.05, 0) is 12.1 Å². The van der Waals surface area contributed by atoms with Crippen LogP contribution in [0.4, 0.5) is 0 Å². The molecular weight excluding hydrogens is 270 g/mol. The van der Waals surface area contributed by atoms with Crippen molar-refractivity contribution in [3.05, 3.63) is 35.4 Å². The minimum atomic E-state index is -1.29. The van der Waals surface area contributed by atoms with E-state index < -0.39 is 24.5 Å². The summed E-state index contributed by atoms with van der Waals surface area (Å²) in [5.74, 6) is -3.29. The lowest BCUT2D eigenvalue weighted by molar-refractivity contribution is -0.338. The van der Waals surface area contributed by atoms with Crippen molar-refractivity contribution in [2.45, 2.75) is 0 Å². The summed E-state index contributed by atoms with van der Waals surface area (Å²) in [7, 11) is 2.52. The van der Waals surface area contributed by atoms with Gasteiger partial charge in [0.2, 0.25) is 0 Å². The SMILES string of the molecule is CON(CC(=O)OC(=O)c1ccccc1C(=O)O)OC. The Kier molecular flexibility index (Phi) is 5.78. The van der Waals surface area contributed by atoms with Gasteiger partial charge in [-0.2, -0.15) is 0 Å². The molecule has 0 aromatic heterocycles. The van der Waals surface area contributed by atoms with Crippen molar-refractivity contribution < 1.29 is 33.9 Å². The number of carboxylic acids is 1. The molecule has 20 heavy (non-hydrogen) atoms. The van der Waals surface area contributed by atoms with Gasteiger partial charge in [0.15, 0.2) is 0 Å². The topological polar surface area (TPSA) is 102 Å². The summed E-state index contributed by atoms with van der Waals surface area (Å²) in [6.07, 6.45) is 0. The highest BCUT2D eigenvalue weighted by Crippen LogP contribution is 2.10. The van der Waals surface area contributed by atoms with Gasteiger partial charge in [-0.25, -0.2) is 14.4 Å². The molecule has 0 fully saturated rings. The standard InChI is InChI=1S/C12H13NO7/c1-18-13(19-2)7-10(14)20-12(17)9-6-4-3-5-8(9)11(15)16/h3-6H,7H2,1-2H3,(H,15,16). The third kappa shape index (κ3) is 4.12. The molecular formula is C12H13NO7. The van der Waals surface area contributed by atoms with E-state index in [1.54, 1.807) is 0 Å². The van der Waals surface area contributed by atoms with E-state index in [9.17, 15) is 14.4 Å². The summed E-state index contributed by atoms with van der Waals surface area (Å²) in [6, 6.07) is 5.41. The number of carbonyl (C=O) groups excluding carboxylic acids is 2. The molecule has 0 heterocycles. The molecule has 0 radical (unpaired) electrons. The molecule has 0 unspecified atom stereocenters. The Balaban J connectivity index is 2.77. The molecule has 0 aliphatic carbocycles. The number of aromatic carboxylic acids is 1. The molecule has 1 N–H and O–H groups in total. The van der Waals surface area contributed by atoms with Gasteiger partial charge in [0.25, 0.3) is 0 Å². The summed E-state index contributed by atoms with van der Waals surface area (Å²) >= 11 is 0. The molecule has 1 rings (SSSR count). The molecule has 8 nitrogen and oxygen atoms in total. The van der Waals surface area contributed by atoms with Gasteiger partial charge in [-0.15, -0.1) is 0 Å². The molecule has 8 heteroatoms. The molecule has 108 valence electrons. The number of rotatable bonds is 6. The summed E-state index contributed by atoms with van der Waals surface area (Å²) < 4.78 is 4.52. The number of hydrogen-bond donors (Lipinski definition) is 1. The molecule has 0 spiro atoms.